The molecule has 1 fully saturated rings. The lowest BCUT2D eigenvalue weighted by Gasteiger charge is -2.28. The minimum absolute atomic E-state index is 0.145. The van der Waals surface area contributed by atoms with E-state index in [2.05, 4.69) is 20.5 Å². The van der Waals surface area contributed by atoms with Crippen molar-refractivity contribution >= 4 is 28.7 Å². The largest absolute Gasteiger partial charge is 0.378 e. The molecule has 1 saturated heterocycles. The molecule has 2 heterocycles. The molecule has 1 amide bonds. The quantitative estimate of drug-likeness (QED) is 0.456. The van der Waals surface area contributed by atoms with Crippen LogP contribution in [0.15, 0.2) is 91.5 Å². The van der Waals surface area contributed by atoms with Gasteiger partial charge in [-0.25, -0.2) is 4.98 Å². The van der Waals surface area contributed by atoms with Crippen molar-refractivity contribution in [2.45, 2.75) is 0 Å². The number of aromatic nitrogens is 2. The Morgan fingerprint density at radius 1 is 0.848 bits per heavy atom. The lowest BCUT2D eigenvalue weighted by Crippen LogP contribution is -2.36. The zero-order valence-corrected chi connectivity index (χ0v) is 18.1. The lowest BCUT2D eigenvalue weighted by atomic mass is 10.1. The molecular weight excluding hydrogens is 414 g/mol. The van der Waals surface area contributed by atoms with Gasteiger partial charge in [0.1, 0.15) is 0 Å². The SMILES string of the molecule is O=C(Nc1ccc(N2CCOCC2)cc1)c1cccc(Nc2ccc(-n3ccnc3)cc2)c1. The van der Waals surface area contributed by atoms with Gasteiger partial charge in [0.05, 0.1) is 19.5 Å². The highest BCUT2D eigenvalue weighted by molar-refractivity contribution is 6.05. The molecule has 3 aromatic carbocycles. The molecule has 0 bridgehead atoms. The third-order valence-electron chi connectivity index (χ3n) is 5.58. The first-order chi connectivity index (χ1) is 16.2. The number of nitrogens with one attached hydrogen (secondary N) is 2. The van der Waals surface area contributed by atoms with Crippen molar-refractivity contribution in [3.05, 3.63) is 97.1 Å². The van der Waals surface area contributed by atoms with Gasteiger partial charge in [-0.2, -0.15) is 0 Å². The van der Waals surface area contributed by atoms with Crippen LogP contribution in [0, 0.1) is 0 Å². The number of nitrogens with zero attached hydrogens (tertiary/aromatic N) is 3. The van der Waals surface area contributed by atoms with Gasteiger partial charge < -0.3 is 24.8 Å². The number of rotatable bonds is 6. The van der Waals surface area contributed by atoms with Crippen LogP contribution in [0.25, 0.3) is 5.69 Å². The predicted molar refractivity (Wildman–Crippen MR) is 131 cm³/mol. The molecule has 2 N–H and O–H groups in total. The second kappa shape index (κ2) is 9.58. The molecule has 0 atom stereocenters. The summed E-state index contributed by atoms with van der Waals surface area (Å²) in [6.07, 6.45) is 5.42. The summed E-state index contributed by atoms with van der Waals surface area (Å²) in [6.45, 7) is 3.27. The van der Waals surface area contributed by atoms with Crippen molar-refractivity contribution in [1.29, 1.82) is 0 Å². The molecule has 1 aliphatic heterocycles. The minimum Gasteiger partial charge on any atom is -0.378 e. The van der Waals surface area contributed by atoms with Crippen molar-refractivity contribution in [1.82, 2.24) is 9.55 Å². The molecule has 7 heteroatoms. The maximum Gasteiger partial charge on any atom is 0.255 e. The number of benzene rings is 3. The average Bonchev–Trinajstić information content (AvgIpc) is 3.41. The van der Waals surface area contributed by atoms with Gasteiger partial charge in [-0.3, -0.25) is 4.79 Å². The highest BCUT2D eigenvalue weighted by Gasteiger charge is 2.12. The summed E-state index contributed by atoms with van der Waals surface area (Å²) >= 11 is 0. The van der Waals surface area contributed by atoms with Gasteiger partial charge in [-0.05, 0) is 66.7 Å². The van der Waals surface area contributed by atoms with Gasteiger partial charge in [0.15, 0.2) is 0 Å². The van der Waals surface area contributed by atoms with Crippen LogP contribution < -0.4 is 15.5 Å². The number of hydrogen-bond acceptors (Lipinski definition) is 5. The Morgan fingerprint density at radius 2 is 1.58 bits per heavy atom. The number of imidazole rings is 1. The normalized spacial score (nSPS) is 13.5. The Hall–Kier alpha value is -4.10. The number of hydrogen-bond donors (Lipinski definition) is 2. The molecule has 0 spiro atoms. The first-order valence-corrected chi connectivity index (χ1v) is 10.9. The van der Waals surface area contributed by atoms with Crippen LogP contribution >= 0.6 is 0 Å². The molecule has 7 nitrogen and oxygen atoms in total. The summed E-state index contributed by atoms with van der Waals surface area (Å²) in [7, 11) is 0. The zero-order valence-electron chi connectivity index (χ0n) is 18.1. The summed E-state index contributed by atoms with van der Waals surface area (Å²) in [5.41, 5.74) is 5.32. The van der Waals surface area contributed by atoms with Crippen LogP contribution in [0.4, 0.5) is 22.7 Å². The van der Waals surface area contributed by atoms with E-state index in [1.807, 2.05) is 83.6 Å². The Balaban J connectivity index is 1.22. The molecular formula is C26H25N5O2. The average molecular weight is 440 g/mol. The standard InChI is InChI=1S/C26H25N5O2/c32-26(29-22-6-8-24(9-7-22)30-14-16-33-17-15-30)20-2-1-3-23(18-20)28-21-4-10-25(11-5-21)31-13-12-27-19-31/h1-13,18-19,28H,14-17H2,(H,29,32). The number of anilines is 4. The van der Waals surface area contributed by atoms with Gasteiger partial charge in [-0.1, -0.05) is 6.07 Å². The molecule has 0 saturated carbocycles. The van der Waals surface area contributed by atoms with Crippen LogP contribution in [-0.4, -0.2) is 41.8 Å². The molecule has 4 aromatic rings. The van der Waals surface area contributed by atoms with E-state index in [-0.39, 0.29) is 5.91 Å². The fourth-order valence-corrected chi connectivity index (χ4v) is 3.81. The first kappa shape index (κ1) is 20.8. The molecule has 5 rings (SSSR count). The van der Waals surface area contributed by atoms with E-state index in [1.54, 1.807) is 12.5 Å². The van der Waals surface area contributed by atoms with Crippen molar-refractivity contribution in [3.8, 4) is 5.69 Å². The van der Waals surface area contributed by atoms with Gasteiger partial charge in [0.2, 0.25) is 0 Å². The Kier molecular flexibility index (Phi) is 6.04. The van der Waals surface area contributed by atoms with Gasteiger partial charge in [0.25, 0.3) is 5.91 Å². The summed E-state index contributed by atoms with van der Waals surface area (Å²) in [5, 5.41) is 6.34. The van der Waals surface area contributed by atoms with E-state index in [0.717, 1.165) is 54.7 Å². The fraction of sp³-hybridized carbons (Fsp3) is 0.154. The second-order valence-electron chi connectivity index (χ2n) is 7.82. The van der Waals surface area contributed by atoms with Crippen LogP contribution in [0.1, 0.15) is 10.4 Å². The van der Waals surface area contributed by atoms with E-state index in [4.69, 9.17) is 4.74 Å². The van der Waals surface area contributed by atoms with Gasteiger partial charge in [0, 0.05) is 59.5 Å². The zero-order chi connectivity index (χ0) is 22.5. The minimum atomic E-state index is -0.145. The Labute approximate surface area is 192 Å². The predicted octanol–water partition coefficient (Wildman–Crippen LogP) is 4.70. The molecule has 0 radical (unpaired) electrons. The molecule has 1 aliphatic rings. The van der Waals surface area contributed by atoms with E-state index in [0.29, 0.717) is 5.56 Å². The smallest absolute Gasteiger partial charge is 0.255 e. The van der Waals surface area contributed by atoms with Crippen molar-refractivity contribution in [3.63, 3.8) is 0 Å². The number of amides is 1. The van der Waals surface area contributed by atoms with E-state index >= 15 is 0 Å². The molecule has 33 heavy (non-hydrogen) atoms. The third-order valence-corrected chi connectivity index (χ3v) is 5.58. The molecule has 0 aliphatic carbocycles. The van der Waals surface area contributed by atoms with E-state index < -0.39 is 0 Å². The first-order valence-electron chi connectivity index (χ1n) is 10.9. The maximum absolute atomic E-state index is 12.8. The van der Waals surface area contributed by atoms with E-state index in [1.165, 1.54) is 0 Å². The topological polar surface area (TPSA) is 71.4 Å². The summed E-state index contributed by atoms with van der Waals surface area (Å²) in [5.74, 6) is -0.145. The number of morpholine rings is 1. The highest BCUT2D eigenvalue weighted by atomic mass is 16.5. The van der Waals surface area contributed by atoms with E-state index in [9.17, 15) is 4.79 Å². The van der Waals surface area contributed by atoms with Crippen LogP contribution in [-0.2, 0) is 4.74 Å². The maximum atomic E-state index is 12.8. The van der Waals surface area contributed by atoms with Crippen molar-refractivity contribution in [2.75, 3.05) is 41.8 Å². The fourth-order valence-electron chi connectivity index (χ4n) is 3.81. The van der Waals surface area contributed by atoms with Gasteiger partial charge >= 0.3 is 0 Å². The third kappa shape index (κ3) is 5.05. The summed E-state index contributed by atoms with van der Waals surface area (Å²) in [4.78, 5) is 19.2. The highest BCUT2D eigenvalue weighted by Crippen LogP contribution is 2.22. The van der Waals surface area contributed by atoms with Crippen molar-refractivity contribution in [2.24, 2.45) is 0 Å². The lowest BCUT2D eigenvalue weighted by molar-refractivity contribution is 0.102. The number of carbonyl (C=O) groups is 1. The van der Waals surface area contributed by atoms with Crippen molar-refractivity contribution < 1.29 is 9.53 Å². The van der Waals surface area contributed by atoms with Crippen LogP contribution in [0.5, 0.6) is 0 Å². The van der Waals surface area contributed by atoms with Crippen LogP contribution in [0.3, 0.4) is 0 Å². The number of ether oxygens (including phenoxy) is 1. The Morgan fingerprint density at radius 3 is 2.30 bits per heavy atom. The van der Waals surface area contributed by atoms with Gasteiger partial charge in [-0.15, -0.1) is 0 Å². The summed E-state index contributed by atoms with van der Waals surface area (Å²) < 4.78 is 7.35. The molecule has 1 aromatic heterocycles. The second-order valence-corrected chi connectivity index (χ2v) is 7.82. The molecule has 0 unspecified atom stereocenters. The van der Waals surface area contributed by atoms with Crippen LogP contribution in [0.2, 0.25) is 0 Å². The monoisotopic (exact) mass is 439 g/mol. The summed E-state index contributed by atoms with van der Waals surface area (Å²) in [6, 6.07) is 23.4. The molecule has 166 valence electrons. The number of carbonyl (C=O) groups excluding carboxylic acids is 1. The Bertz CT molecular complexity index is 1200.